The lowest BCUT2D eigenvalue weighted by Gasteiger charge is -2.30. The fourth-order valence-corrected chi connectivity index (χ4v) is 8.85. The maximum Gasteiger partial charge on any atom is 0.0583 e. The molecule has 0 saturated heterocycles. The van der Waals surface area contributed by atoms with Crippen molar-refractivity contribution in [1.29, 1.82) is 0 Å². The molecule has 0 unspecified atom stereocenters. The van der Waals surface area contributed by atoms with Gasteiger partial charge in [-0.1, -0.05) is 164 Å². The van der Waals surface area contributed by atoms with Gasteiger partial charge < -0.3 is 14.4 Å². The predicted octanol–water partition coefficient (Wildman–Crippen LogP) is 16.2. The summed E-state index contributed by atoms with van der Waals surface area (Å²) in [6.45, 7) is 0. The first-order valence-electron chi connectivity index (χ1n) is 20.8. The highest BCUT2D eigenvalue weighted by Crippen LogP contribution is 2.48. The van der Waals surface area contributed by atoms with Crippen molar-refractivity contribution in [3.05, 3.63) is 249 Å². The first-order chi connectivity index (χ1) is 30.3. The second kappa shape index (κ2) is 15.6. The summed E-state index contributed by atoms with van der Waals surface area (Å²) in [5.41, 5.74) is 14.6. The summed E-state index contributed by atoms with van der Waals surface area (Å²) in [4.78, 5) is 4.80. The molecule has 3 nitrogen and oxygen atoms in total. The molecule has 0 amide bonds. The highest BCUT2D eigenvalue weighted by Gasteiger charge is 2.25. The Kier molecular flexibility index (Phi) is 9.18. The number of rotatable bonds is 9. The molecule has 10 aromatic carbocycles. The summed E-state index contributed by atoms with van der Waals surface area (Å²) < 4.78 is 2.44. The normalized spacial score (nSPS) is 11.3. The Morgan fingerprint density at radius 2 is 0.754 bits per heavy atom. The van der Waals surface area contributed by atoms with Gasteiger partial charge in [-0.2, -0.15) is 0 Å². The van der Waals surface area contributed by atoms with Crippen molar-refractivity contribution in [3.8, 4) is 27.9 Å². The Hall–Kier alpha value is -8.14. The number of nitrogens with zero attached hydrogens (tertiary/aromatic N) is 3. The van der Waals surface area contributed by atoms with E-state index in [-0.39, 0.29) is 0 Å². The summed E-state index contributed by atoms with van der Waals surface area (Å²) in [6.07, 6.45) is 0. The molecule has 0 aliphatic heterocycles. The smallest absolute Gasteiger partial charge is 0.0583 e. The molecule has 3 heteroatoms. The third-order valence-electron chi connectivity index (χ3n) is 11.7. The zero-order chi connectivity index (χ0) is 40.5. The Balaban J connectivity index is 1.18. The van der Waals surface area contributed by atoms with Gasteiger partial charge in [0.2, 0.25) is 0 Å². The minimum absolute atomic E-state index is 1.05. The number of aromatic nitrogens is 1. The number of benzene rings is 10. The molecular weight excluding hydrogens is 739 g/mol. The average Bonchev–Trinajstić information content (AvgIpc) is 3.67. The van der Waals surface area contributed by atoms with Crippen LogP contribution in [0.4, 0.5) is 34.1 Å². The predicted molar refractivity (Wildman–Crippen MR) is 259 cm³/mol. The molecule has 1 heterocycles. The molecule has 0 N–H and O–H groups in total. The Bertz CT molecular complexity index is 3230. The minimum Gasteiger partial charge on any atom is -0.310 e. The van der Waals surface area contributed by atoms with E-state index in [1.807, 2.05) is 0 Å². The maximum atomic E-state index is 2.44. The SMILES string of the molecule is c1ccc(-c2ccc(-n3c4ccccc4c4c(N(c5ccccc5)c5ccc(-c6ccc7ccccc7c6)cc5)cc(N(c5ccccc5)c5ccccc5)cc43)cc2)cc1. The number of anilines is 6. The quantitative estimate of drug-likeness (QED) is 0.145. The maximum absolute atomic E-state index is 2.44. The van der Waals surface area contributed by atoms with E-state index in [9.17, 15) is 0 Å². The molecule has 11 rings (SSSR count). The van der Waals surface area contributed by atoms with Gasteiger partial charge in [-0.05, 0) is 118 Å². The number of para-hydroxylation sites is 4. The lowest BCUT2D eigenvalue weighted by molar-refractivity contribution is 1.17. The lowest BCUT2D eigenvalue weighted by atomic mass is 10.0. The van der Waals surface area contributed by atoms with Gasteiger partial charge in [-0.15, -0.1) is 0 Å². The third kappa shape index (κ3) is 6.69. The van der Waals surface area contributed by atoms with Crippen LogP contribution in [0.2, 0.25) is 0 Å². The Morgan fingerprint density at radius 1 is 0.279 bits per heavy atom. The van der Waals surface area contributed by atoms with Crippen molar-refractivity contribution in [3.63, 3.8) is 0 Å². The third-order valence-corrected chi connectivity index (χ3v) is 11.7. The first-order valence-corrected chi connectivity index (χ1v) is 20.8. The summed E-state index contributed by atoms with van der Waals surface area (Å²) in [7, 11) is 0. The highest BCUT2D eigenvalue weighted by atomic mass is 15.2. The van der Waals surface area contributed by atoms with E-state index >= 15 is 0 Å². The molecule has 0 aliphatic rings. The minimum atomic E-state index is 1.05. The van der Waals surface area contributed by atoms with Crippen molar-refractivity contribution < 1.29 is 0 Å². The van der Waals surface area contributed by atoms with Gasteiger partial charge in [0, 0.05) is 39.2 Å². The van der Waals surface area contributed by atoms with Crippen molar-refractivity contribution in [2.75, 3.05) is 9.80 Å². The van der Waals surface area contributed by atoms with Crippen LogP contribution in [0.3, 0.4) is 0 Å². The second-order valence-electron chi connectivity index (χ2n) is 15.4. The summed E-state index contributed by atoms with van der Waals surface area (Å²) in [5.74, 6) is 0. The topological polar surface area (TPSA) is 11.4 Å². The molecule has 1 aromatic heterocycles. The summed E-state index contributed by atoms with van der Waals surface area (Å²) in [5, 5.41) is 4.84. The van der Waals surface area contributed by atoms with Gasteiger partial charge in [0.05, 0.1) is 22.4 Å². The van der Waals surface area contributed by atoms with Crippen molar-refractivity contribution >= 4 is 66.7 Å². The van der Waals surface area contributed by atoms with E-state index in [0.717, 1.165) is 50.8 Å². The molecule has 0 aliphatic carbocycles. The zero-order valence-electron chi connectivity index (χ0n) is 33.5. The fraction of sp³-hybridized carbons (Fsp3) is 0. The molecule has 0 saturated carbocycles. The Labute approximate surface area is 356 Å². The monoisotopic (exact) mass is 779 g/mol. The number of fused-ring (bicyclic) bond motifs is 4. The van der Waals surface area contributed by atoms with Gasteiger partial charge in [0.25, 0.3) is 0 Å². The van der Waals surface area contributed by atoms with Gasteiger partial charge in [0.1, 0.15) is 0 Å². The molecule has 0 bridgehead atoms. The van der Waals surface area contributed by atoms with Gasteiger partial charge in [0.15, 0.2) is 0 Å². The molecule has 61 heavy (non-hydrogen) atoms. The van der Waals surface area contributed by atoms with E-state index in [0.29, 0.717) is 0 Å². The standard InChI is InChI=1S/C58H41N3/c1-5-17-42(18-6-1)44-31-37-52(38-32-44)61-55-28-16-15-27-54(55)58-56(40-53(41-57(58)61)59(48-21-7-2-8-22-48)49-23-9-3-10-24-49)60(50-25-11-4-12-26-50)51-35-33-45(34-36-51)47-30-29-43-19-13-14-20-46(43)39-47/h1-41H. The molecule has 288 valence electrons. The molecule has 0 atom stereocenters. The largest absolute Gasteiger partial charge is 0.310 e. The number of hydrogen-bond donors (Lipinski definition) is 0. The van der Waals surface area contributed by atoms with Crippen LogP contribution < -0.4 is 9.80 Å². The number of hydrogen-bond acceptors (Lipinski definition) is 2. The molecule has 11 aromatic rings. The summed E-state index contributed by atoms with van der Waals surface area (Å²) >= 11 is 0. The Morgan fingerprint density at radius 3 is 1.41 bits per heavy atom. The van der Waals surface area contributed by atoms with Crippen LogP contribution in [-0.4, -0.2) is 4.57 Å². The fourth-order valence-electron chi connectivity index (χ4n) is 8.85. The lowest BCUT2D eigenvalue weighted by Crippen LogP contribution is -2.14. The van der Waals surface area contributed by atoms with E-state index in [4.69, 9.17) is 0 Å². The second-order valence-corrected chi connectivity index (χ2v) is 15.4. The van der Waals surface area contributed by atoms with Crippen LogP contribution in [0, 0.1) is 0 Å². The molecule has 0 spiro atoms. The summed E-state index contributed by atoms with van der Waals surface area (Å²) in [6, 6.07) is 89.7. The van der Waals surface area contributed by atoms with E-state index in [1.165, 1.54) is 43.8 Å². The van der Waals surface area contributed by atoms with Crippen molar-refractivity contribution in [2.24, 2.45) is 0 Å². The zero-order valence-corrected chi connectivity index (χ0v) is 33.5. The highest BCUT2D eigenvalue weighted by molar-refractivity contribution is 6.18. The van der Waals surface area contributed by atoms with Gasteiger partial charge >= 0.3 is 0 Å². The van der Waals surface area contributed by atoms with Gasteiger partial charge in [-0.25, -0.2) is 0 Å². The van der Waals surface area contributed by atoms with Crippen LogP contribution in [0.1, 0.15) is 0 Å². The molecule has 0 radical (unpaired) electrons. The first kappa shape index (κ1) is 36.0. The average molecular weight is 780 g/mol. The van der Waals surface area contributed by atoms with Crippen molar-refractivity contribution in [2.45, 2.75) is 0 Å². The van der Waals surface area contributed by atoms with Crippen LogP contribution >= 0.6 is 0 Å². The van der Waals surface area contributed by atoms with Crippen LogP contribution in [-0.2, 0) is 0 Å². The van der Waals surface area contributed by atoms with Gasteiger partial charge in [-0.3, -0.25) is 0 Å². The van der Waals surface area contributed by atoms with Crippen LogP contribution in [0.5, 0.6) is 0 Å². The van der Waals surface area contributed by atoms with E-state index in [2.05, 4.69) is 263 Å². The van der Waals surface area contributed by atoms with E-state index < -0.39 is 0 Å². The van der Waals surface area contributed by atoms with E-state index in [1.54, 1.807) is 0 Å². The molecular formula is C58H41N3. The van der Waals surface area contributed by atoms with Crippen molar-refractivity contribution in [1.82, 2.24) is 4.57 Å². The molecule has 0 fully saturated rings. The van der Waals surface area contributed by atoms with Crippen LogP contribution in [0.15, 0.2) is 249 Å². The van der Waals surface area contributed by atoms with Crippen LogP contribution in [0.25, 0.3) is 60.5 Å².